The van der Waals surface area contributed by atoms with Gasteiger partial charge in [0, 0.05) is 10.6 Å². The zero-order valence-electron chi connectivity index (χ0n) is 9.92. The average Bonchev–Trinajstić information content (AvgIpc) is 2.35. The van der Waals surface area contributed by atoms with Crippen LogP contribution in [0.1, 0.15) is 16.7 Å². The molecule has 0 unspecified atom stereocenters. The van der Waals surface area contributed by atoms with Crippen molar-refractivity contribution in [3.05, 3.63) is 58.1 Å². The number of terminal acetylenes is 1. The summed E-state index contributed by atoms with van der Waals surface area (Å²) in [6.45, 7) is 4.04. The van der Waals surface area contributed by atoms with Crippen molar-refractivity contribution in [1.29, 1.82) is 0 Å². The van der Waals surface area contributed by atoms with Crippen LogP contribution in [-0.4, -0.2) is 0 Å². The van der Waals surface area contributed by atoms with E-state index in [1.807, 2.05) is 38.1 Å². The van der Waals surface area contributed by atoms with E-state index in [4.69, 9.17) is 18.0 Å². The zero-order chi connectivity index (χ0) is 12.4. The molecular weight excluding hydrogens is 228 g/mol. The van der Waals surface area contributed by atoms with Gasteiger partial charge in [0.2, 0.25) is 0 Å². The molecule has 0 saturated heterocycles. The van der Waals surface area contributed by atoms with Crippen molar-refractivity contribution in [3.8, 4) is 23.5 Å². The largest absolute Gasteiger partial charge is 0.115 e. The molecule has 84 valence electrons. The Morgan fingerprint density at radius 1 is 0.941 bits per heavy atom. The molecule has 0 aliphatic rings. The third kappa shape index (κ3) is 2.35. The lowest BCUT2D eigenvalue weighted by atomic mass is 10.00. The minimum atomic E-state index is 0.842. The minimum Gasteiger partial charge on any atom is -0.115 e. The topological polar surface area (TPSA) is 0 Å². The molecule has 0 aromatic heterocycles. The summed E-state index contributed by atoms with van der Waals surface area (Å²) in [6, 6.07) is 12.2. The Kier molecular flexibility index (Phi) is 3.22. The molecule has 0 amide bonds. The summed E-state index contributed by atoms with van der Waals surface area (Å²) in [4.78, 5) is 0. The van der Waals surface area contributed by atoms with E-state index in [0.717, 1.165) is 27.3 Å². The van der Waals surface area contributed by atoms with Gasteiger partial charge in [0.05, 0.1) is 0 Å². The molecule has 2 aromatic carbocycles. The van der Waals surface area contributed by atoms with Gasteiger partial charge in [-0.2, -0.15) is 0 Å². The highest BCUT2D eigenvalue weighted by atomic mass is 35.5. The number of rotatable bonds is 1. The Hall–Kier alpha value is -1.71. The van der Waals surface area contributed by atoms with Gasteiger partial charge in [-0.1, -0.05) is 29.7 Å². The highest BCUT2D eigenvalue weighted by Gasteiger charge is 2.04. The molecule has 1 heteroatoms. The summed E-state index contributed by atoms with van der Waals surface area (Å²) in [5.74, 6) is 2.62. The van der Waals surface area contributed by atoms with Gasteiger partial charge in [-0.15, -0.1) is 6.42 Å². The maximum Gasteiger partial charge on any atom is 0.0464 e. The van der Waals surface area contributed by atoms with Gasteiger partial charge >= 0.3 is 0 Å². The van der Waals surface area contributed by atoms with Gasteiger partial charge in [-0.05, 0) is 60.4 Å². The molecule has 2 rings (SSSR count). The van der Waals surface area contributed by atoms with E-state index in [-0.39, 0.29) is 0 Å². The van der Waals surface area contributed by atoms with Gasteiger partial charge in [-0.25, -0.2) is 0 Å². The van der Waals surface area contributed by atoms with Crippen molar-refractivity contribution >= 4 is 11.6 Å². The number of aryl methyl sites for hydroxylation is 2. The smallest absolute Gasteiger partial charge is 0.0464 e. The Labute approximate surface area is 107 Å². The van der Waals surface area contributed by atoms with Crippen LogP contribution < -0.4 is 0 Å². The highest BCUT2D eigenvalue weighted by molar-refractivity contribution is 6.32. The van der Waals surface area contributed by atoms with Gasteiger partial charge in [-0.3, -0.25) is 0 Å². The fourth-order valence-electron chi connectivity index (χ4n) is 1.87. The van der Waals surface area contributed by atoms with E-state index < -0.39 is 0 Å². The maximum absolute atomic E-state index is 6.16. The first-order valence-electron chi connectivity index (χ1n) is 5.45. The second-order valence-corrected chi connectivity index (χ2v) is 4.52. The molecular formula is C16H13Cl. The Morgan fingerprint density at radius 2 is 1.47 bits per heavy atom. The van der Waals surface area contributed by atoms with Gasteiger partial charge in [0.1, 0.15) is 0 Å². The van der Waals surface area contributed by atoms with Gasteiger partial charge < -0.3 is 0 Å². The lowest BCUT2D eigenvalue weighted by molar-refractivity contribution is 1.38. The molecule has 0 N–H and O–H groups in total. The molecule has 0 aliphatic carbocycles. The average molecular weight is 241 g/mol. The zero-order valence-corrected chi connectivity index (χ0v) is 10.7. The predicted octanol–water partition coefficient (Wildman–Crippen LogP) is 4.61. The van der Waals surface area contributed by atoms with Crippen molar-refractivity contribution < 1.29 is 0 Å². The second-order valence-electron chi connectivity index (χ2n) is 4.15. The van der Waals surface area contributed by atoms with Crippen LogP contribution in [0.25, 0.3) is 11.1 Å². The van der Waals surface area contributed by atoms with Crippen molar-refractivity contribution in [1.82, 2.24) is 0 Å². The first kappa shape index (κ1) is 11.8. The molecule has 0 saturated carbocycles. The molecule has 0 fully saturated rings. The van der Waals surface area contributed by atoms with Crippen LogP contribution in [0.5, 0.6) is 0 Å². The third-order valence-electron chi connectivity index (χ3n) is 2.82. The van der Waals surface area contributed by atoms with Gasteiger partial charge in [0.15, 0.2) is 0 Å². The molecule has 0 nitrogen and oxygen atoms in total. The number of hydrogen-bond acceptors (Lipinski definition) is 0. The summed E-state index contributed by atoms with van der Waals surface area (Å²) in [5.41, 5.74) is 5.43. The molecule has 0 heterocycles. The van der Waals surface area contributed by atoms with E-state index >= 15 is 0 Å². The number of benzene rings is 2. The predicted molar refractivity (Wildman–Crippen MR) is 74.3 cm³/mol. The Balaban J connectivity index is 2.50. The molecule has 0 spiro atoms. The summed E-state index contributed by atoms with van der Waals surface area (Å²) in [6.07, 6.45) is 5.34. The Bertz CT molecular complexity index is 563. The molecule has 2 aromatic rings. The standard InChI is InChI=1S/C16H13Cl/c1-4-13-5-7-14(8-6-13)15-9-11(2)16(17)12(3)10-15/h1,5-10H,2-3H3. The van der Waals surface area contributed by atoms with E-state index in [2.05, 4.69) is 18.1 Å². The minimum absolute atomic E-state index is 0.842. The third-order valence-corrected chi connectivity index (χ3v) is 3.42. The maximum atomic E-state index is 6.16. The monoisotopic (exact) mass is 240 g/mol. The van der Waals surface area contributed by atoms with Crippen LogP contribution in [0.2, 0.25) is 5.02 Å². The van der Waals surface area contributed by atoms with Crippen molar-refractivity contribution in [2.75, 3.05) is 0 Å². The lowest BCUT2D eigenvalue weighted by Gasteiger charge is -2.08. The van der Waals surface area contributed by atoms with Crippen LogP contribution >= 0.6 is 11.6 Å². The molecule has 0 radical (unpaired) electrons. The van der Waals surface area contributed by atoms with E-state index in [1.165, 1.54) is 5.56 Å². The highest BCUT2D eigenvalue weighted by Crippen LogP contribution is 2.28. The number of halogens is 1. The van der Waals surface area contributed by atoms with Crippen molar-refractivity contribution in [2.24, 2.45) is 0 Å². The first-order chi connectivity index (χ1) is 8.11. The molecule has 0 aliphatic heterocycles. The van der Waals surface area contributed by atoms with Crippen LogP contribution in [0.15, 0.2) is 36.4 Å². The normalized spacial score (nSPS) is 10.0. The Morgan fingerprint density at radius 3 is 1.94 bits per heavy atom. The van der Waals surface area contributed by atoms with Crippen molar-refractivity contribution in [3.63, 3.8) is 0 Å². The van der Waals surface area contributed by atoms with Crippen LogP contribution in [-0.2, 0) is 0 Å². The molecule has 17 heavy (non-hydrogen) atoms. The fourth-order valence-corrected chi connectivity index (χ4v) is 1.98. The van der Waals surface area contributed by atoms with Crippen LogP contribution in [0, 0.1) is 26.2 Å². The second kappa shape index (κ2) is 4.65. The molecule has 0 bridgehead atoms. The van der Waals surface area contributed by atoms with E-state index in [0.29, 0.717) is 0 Å². The first-order valence-corrected chi connectivity index (χ1v) is 5.83. The van der Waals surface area contributed by atoms with Gasteiger partial charge in [0.25, 0.3) is 0 Å². The summed E-state index contributed by atoms with van der Waals surface area (Å²) >= 11 is 6.16. The summed E-state index contributed by atoms with van der Waals surface area (Å²) < 4.78 is 0. The summed E-state index contributed by atoms with van der Waals surface area (Å²) in [5, 5.41) is 0.842. The summed E-state index contributed by atoms with van der Waals surface area (Å²) in [7, 11) is 0. The van der Waals surface area contributed by atoms with E-state index in [9.17, 15) is 0 Å². The van der Waals surface area contributed by atoms with Crippen molar-refractivity contribution in [2.45, 2.75) is 13.8 Å². The lowest BCUT2D eigenvalue weighted by Crippen LogP contribution is -1.85. The van der Waals surface area contributed by atoms with E-state index in [1.54, 1.807) is 0 Å². The SMILES string of the molecule is C#Cc1ccc(-c2cc(C)c(Cl)c(C)c2)cc1. The van der Waals surface area contributed by atoms with Crippen LogP contribution in [0.3, 0.4) is 0 Å². The number of hydrogen-bond donors (Lipinski definition) is 0. The quantitative estimate of drug-likeness (QED) is 0.639. The fraction of sp³-hybridized carbons (Fsp3) is 0.125. The van der Waals surface area contributed by atoms with Crippen LogP contribution in [0.4, 0.5) is 0 Å². The molecule has 0 atom stereocenters.